The van der Waals surface area contributed by atoms with E-state index in [2.05, 4.69) is 40.0 Å². The van der Waals surface area contributed by atoms with Gasteiger partial charge in [0.1, 0.15) is 5.82 Å². The average Bonchev–Trinajstić information content (AvgIpc) is 2.20. The Balaban J connectivity index is 0.00000128. The zero-order valence-electron chi connectivity index (χ0n) is 9.03. The number of rotatable bonds is 2. The second kappa shape index (κ2) is 5.51. The second-order valence-corrected chi connectivity index (χ2v) is 4.54. The van der Waals surface area contributed by atoms with E-state index in [4.69, 9.17) is 5.73 Å². The summed E-state index contributed by atoms with van der Waals surface area (Å²) in [4.78, 5) is 4.40. The van der Waals surface area contributed by atoms with Gasteiger partial charge in [-0.3, -0.25) is 0 Å². The van der Waals surface area contributed by atoms with Gasteiger partial charge in [0, 0.05) is 9.86 Å². The van der Waals surface area contributed by atoms with Gasteiger partial charge in [0.2, 0.25) is 0 Å². The molecule has 4 heteroatoms. The topological polar surface area (TPSA) is 38.9 Å². The molecule has 0 fully saturated rings. The molecule has 2 aromatic rings. The van der Waals surface area contributed by atoms with Crippen molar-refractivity contribution in [3.8, 4) is 0 Å². The van der Waals surface area contributed by atoms with Gasteiger partial charge in [-0.15, -0.1) is 12.4 Å². The molecule has 0 saturated carbocycles. The van der Waals surface area contributed by atoms with Crippen molar-refractivity contribution in [2.45, 2.75) is 19.8 Å². The van der Waals surface area contributed by atoms with Crippen LogP contribution in [-0.2, 0) is 6.42 Å². The molecule has 0 amide bonds. The van der Waals surface area contributed by atoms with Crippen LogP contribution < -0.4 is 5.73 Å². The average molecular weight is 302 g/mol. The van der Waals surface area contributed by atoms with Gasteiger partial charge in [0.25, 0.3) is 0 Å². The van der Waals surface area contributed by atoms with Crippen molar-refractivity contribution in [3.63, 3.8) is 0 Å². The molecule has 1 heterocycles. The first kappa shape index (κ1) is 13.3. The van der Waals surface area contributed by atoms with Crippen LogP contribution in [0.2, 0.25) is 0 Å². The summed E-state index contributed by atoms with van der Waals surface area (Å²) in [6, 6.07) is 8.20. The SMILES string of the molecule is CCCc1cc2ccc(Br)cc2nc1N.Cl. The summed E-state index contributed by atoms with van der Waals surface area (Å²) in [6.07, 6.45) is 2.08. The molecule has 1 aromatic heterocycles. The molecule has 0 aliphatic carbocycles. The fraction of sp³-hybridized carbons (Fsp3) is 0.250. The van der Waals surface area contributed by atoms with Gasteiger partial charge in [-0.05, 0) is 30.2 Å². The lowest BCUT2D eigenvalue weighted by molar-refractivity contribution is 0.921. The molecule has 0 saturated heterocycles. The van der Waals surface area contributed by atoms with Crippen LogP contribution in [0.25, 0.3) is 10.9 Å². The largest absolute Gasteiger partial charge is 0.383 e. The van der Waals surface area contributed by atoms with E-state index < -0.39 is 0 Å². The lowest BCUT2D eigenvalue weighted by atomic mass is 10.1. The van der Waals surface area contributed by atoms with E-state index in [1.54, 1.807) is 0 Å². The van der Waals surface area contributed by atoms with Crippen molar-refractivity contribution in [2.75, 3.05) is 5.73 Å². The number of anilines is 1. The number of nitrogen functional groups attached to an aromatic ring is 1. The molecule has 2 nitrogen and oxygen atoms in total. The first-order chi connectivity index (χ1) is 7.20. The van der Waals surface area contributed by atoms with Gasteiger partial charge in [0.05, 0.1) is 5.52 Å². The van der Waals surface area contributed by atoms with Crippen LogP contribution in [0.3, 0.4) is 0 Å². The number of aromatic nitrogens is 1. The number of benzene rings is 1. The number of hydrogen-bond donors (Lipinski definition) is 1. The molecule has 2 N–H and O–H groups in total. The third-order valence-corrected chi connectivity index (χ3v) is 2.90. The number of nitrogens with two attached hydrogens (primary N) is 1. The summed E-state index contributed by atoms with van der Waals surface area (Å²) in [5, 5.41) is 1.15. The lowest BCUT2D eigenvalue weighted by Crippen LogP contribution is -1.98. The Morgan fingerprint density at radius 2 is 2.06 bits per heavy atom. The van der Waals surface area contributed by atoms with Crippen molar-refractivity contribution in [1.29, 1.82) is 0 Å². The van der Waals surface area contributed by atoms with Crippen molar-refractivity contribution in [3.05, 3.63) is 34.3 Å². The van der Waals surface area contributed by atoms with E-state index in [-0.39, 0.29) is 12.4 Å². The van der Waals surface area contributed by atoms with Crippen molar-refractivity contribution >= 4 is 45.1 Å². The van der Waals surface area contributed by atoms with E-state index >= 15 is 0 Å². The highest BCUT2D eigenvalue weighted by atomic mass is 79.9. The fourth-order valence-electron chi connectivity index (χ4n) is 1.67. The summed E-state index contributed by atoms with van der Waals surface area (Å²) in [5.74, 6) is 0.655. The molecule has 2 rings (SSSR count). The minimum Gasteiger partial charge on any atom is -0.383 e. The lowest BCUT2D eigenvalue weighted by Gasteiger charge is -2.06. The van der Waals surface area contributed by atoms with Crippen LogP contribution in [-0.4, -0.2) is 4.98 Å². The Morgan fingerprint density at radius 1 is 1.31 bits per heavy atom. The van der Waals surface area contributed by atoms with E-state index in [0.29, 0.717) is 5.82 Å². The Kier molecular flexibility index (Phi) is 4.56. The first-order valence-electron chi connectivity index (χ1n) is 5.05. The zero-order chi connectivity index (χ0) is 10.8. The first-order valence-corrected chi connectivity index (χ1v) is 5.84. The van der Waals surface area contributed by atoms with Gasteiger partial charge < -0.3 is 5.73 Å². The van der Waals surface area contributed by atoms with Crippen LogP contribution >= 0.6 is 28.3 Å². The summed E-state index contributed by atoms with van der Waals surface area (Å²) in [5.41, 5.74) is 7.99. The Morgan fingerprint density at radius 3 is 2.75 bits per heavy atom. The van der Waals surface area contributed by atoms with Gasteiger partial charge in [0.15, 0.2) is 0 Å². The Bertz CT molecular complexity index is 500. The molecule has 0 radical (unpaired) electrons. The molecule has 86 valence electrons. The molecule has 0 aliphatic heterocycles. The van der Waals surface area contributed by atoms with Gasteiger partial charge in [-0.1, -0.05) is 35.3 Å². The maximum Gasteiger partial charge on any atom is 0.127 e. The molecule has 0 spiro atoms. The molecular formula is C12H14BrClN2. The minimum absolute atomic E-state index is 0. The van der Waals surface area contributed by atoms with Gasteiger partial charge in [-0.25, -0.2) is 4.98 Å². The summed E-state index contributed by atoms with van der Waals surface area (Å²) in [7, 11) is 0. The second-order valence-electron chi connectivity index (χ2n) is 3.62. The van der Waals surface area contributed by atoms with E-state index in [9.17, 15) is 0 Å². The number of fused-ring (bicyclic) bond motifs is 1. The number of aryl methyl sites for hydroxylation is 1. The highest BCUT2D eigenvalue weighted by molar-refractivity contribution is 9.10. The monoisotopic (exact) mass is 300 g/mol. The number of halogens is 2. The van der Waals surface area contributed by atoms with Crippen molar-refractivity contribution in [2.24, 2.45) is 0 Å². The van der Waals surface area contributed by atoms with E-state index in [1.165, 1.54) is 0 Å². The smallest absolute Gasteiger partial charge is 0.127 e. The van der Waals surface area contributed by atoms with Gasteiger partial charge in [-0.2, -0.15) is 0 Å². The normalized spacial score (nSPS) is 10.1. The number of nitrogens with zero attached hydrogens (tertiary/aromatic N) is 1. The Hall–Kier alpha value is -0.800. The third kappa shape index (κ3) is 2.66. The number of hydrogen-bond acceptors (Lipinski definition) is 2. The zero-order valence-corrected chi connectivity index (χ0v) is 11.4. The maximum absolute atomic E-state index is 5.90. The summed E-state index contributed by atoms with van der Waals surface area (Å²) in [6.45, 7) is 2.14. The Labute approximate surface area is 110 Å². The molecule has 16 heavy (non-hydrogen) atoms. The molecular weight excluding hydrogens is 288 g/mol. The molecule has 0 aliphatic rings. The van der Waals surface area contributed by atoms with Crippen molar-refractivity contribution < 1.29 is 0 Å². The van der Waals surface area contributed by atoms with Crippen LogP contribution in [0.4, 0.5) is 5.82 Å². The molecule has 0 unspecified atom stereocenters. The van der Waals surface area contributed by atoms with Crippen LogP contribution in [0.15, 0.2) is 28.7 Å². The van der Waals surface area contributed by atoms with Crippen LogP contribution in [0.1, 0.15) is 18.9 Å². The highest BCUT2D eigenvalue weighted by Gasteiger charge is 2.03. The third-order valence-electron chi connectivity index (χ3n) is 2.41. The standard InChI is InChI=1S/C12H13BrN2.ClH/c1-2-3-9-6-8-4-5-10(13)7-11(8)15-12(9)14;/h4-7H,2-3H2,1H3,(H2,14,15);1H. The van der Waals surface area contributed by atoms with Crippen LogP contribution in [0, 0.1) is 0 Å². The fourth-order valence-corrected chi connectivity index (χ4v) is 2.02. The quantitative estimate of drug-likeness (QED) is 0.912. The minimum atomic E-state index is 0. The van der Waals surface area contributed by atoms with Crippen LogP contribution in [0.5, 0.6) is 0 Å². The molecule has 1 aromatic carbocycles. The predicted molar refractivity (Wildman–Crippen MR) is 75.1 cm³/mol. The molecule has 0 bridgehead atoms. The summed E-state index contributed by atoms with van der Waals surface area (Å²) < 4.78 is 1.03. The summed E-state index contributed by atoms with van der Waals surface area (Å²) >= 11 is 3.43. The van der Waals surface area contributed by atoms with Gasteiger partial charge >= 0.3 is 0 Å². The highest BCUT2D eigenvalue weighted by Crippen LogP contribution is 2.22. The maximum atomic E-state index is 5.90. The van der Waals surface area contributed by atoms with E-state index in [1.807, 2.05) is 12.1 Å². The predicted octanol–water partition coefficient (Wildman–Crippen LogP) is 3.95. The van der Waals surface area contributed by atoms with E-state index in [0.717, 1.165) is 33.8 Å². The van der Waals surface area contributed by atoms with Crippen molar-refractivity contribution in [1.82, 2.24) is 4.98 Å². The number of pyridine rings is 1. The molecule has 0 atom stereocenters.